The summed E-state index contributed by atoms with van der Waals surface area (Å²) >= 11 is 0. The topological polar surface area (TPSA) is 71.5 Å². The van der Waals surface area contributed by atoms with E-state index in [0.717, 1.165) is 34.3 Å². The molecular weight excluding hydrogens is 378 g/mol. The fraction of sp³-hybridized carbons (Fsp3) is 0.292. The number of aromatic nitrogens is 1. The molecule has 0 bridgehead atoms. The molecule has 3 aromatic rings. The van der Waals surface area contributed by atoms with Crippen molar-refractivity contribution in [3.05, 3.63) is 65.4 Å². The summed E-state index contributed by atoms with van der Waals surface area (Å²) in [5.41, 5.74) is 3.90. The zero-order chi connectivity index (χ0) is 21.3. The minimum atomic E-state index is -0.199. The normalized spacial score (nSPS) is 14.2. The van der Waals surface area contributed by atoms with Crippen LogP contribution >= 0.6 is 0 Å². The SMILES string of the molecule is COc1cc(NC(C)CCCN2C(=O)c3ccccc3C2=O)c2ncc(C)cc2c1. The molecule has 0 saturated heterocycles. The summed E-state index contributed by atoms with van der Waals surface area (Å²) in [6, 6.07) is 13.1. The first kappa shape index (κ1) is 19.9. The predicted octanol–water partition coefficient (Wildman–Crippen LogP) is 4.43. The van der Waals surface area contributed by atoms with Crippen LogP contribution in [0.1, 0.15) is 46.0 Å². The lowest BCUT2D eigenvalue weighted by Gasteiger charge is -2.19. The highest BCUT2D eigenvalue weighted by atomic mass is 16.5. The Kier molecular flexibility index (Phi) is 5.40. The number of ether oxygens (including phenoxy) is 1. The molecule has 30 heavy (non-hydrogen) atoms. The lowest BCUT2D eigenvalue weighted by atomic mass is 10.1. The van der Waals surface area contributed by atoms with Crippen LogP contribution in [-0.4, -0.2) is 41.4 Å². The van der Waals surface area contributed by atoms with Gasteiger partial charge in [-0.1, -0.05) is 12.1 Å². The Morgan fingerprint density at radius 2 is 1.80 bits per heavy atom. The van der Waals surface area contributed by atoms with Crippen LogP contribution in [0.25, 0.3) is 10.9 Å². The number of amides is 2. The van der Waals surface area contributed by atoms with E-state index in [0.29, 0.717) is 24.1 Å². The number of nitrogens with one attached hydrogen (secondary N) is 1. The molecule has 1 unspecified atom stereocenters. The summed E-state index contributed by atoms with van der Waals surface area (Å²) in [6.45, 7) is 4.51. The highest BCUT2D eigenvalue weighted by Gasteiger charge is 2.34. The number of methoxy groups -OCH3 is 1. The second kappa shape index (κ2) is 8.14. The average Bonchev–Trinajstić information content (AvgIpc) is 2.98. The van der Waals surface area contributed by atoms with Gasteiger partial charge < -0.3 is 10.1 Å². The number of carbonyl (C=O) groups is 2. The van der Waals surface area contributed by atoms with E-state index in [1.54, 1.807) is 31.4 Å². The van der Waals surface area contributed by atoms with Crippen molar-refractivity contribution in [1.29, 1.82) is 0 Å². The molecule has 2 amide bonds. The summed E-state index contributed by atoms with van der Waals surface area (Å²) in [6.07, 6.45) is 3.37. The van der Waals surface area contributed by atoms with Crippen LogP contribution in [0.2, 0.25) is 0 Å². The van der Waals surface area contributed by atoms with E-state index in [1.807, 2.05) is 25.3 Å². The molecule has 2 heterocycles. The second-order valence-electron chi connectivity index (χ2n) is 7.75. The maximum atomic E-state index is 12.5. The van der Waals surface area contributed by atoms with Gasteiger partial charge in [0.25, 0.3) is 11.8 Å². The van der Waals surface area contributed by atoms with Gasteiger partial charge in [0, 0.05) is 30.2 Å². The first-order chi connectivity index (χ1) is 14.5. The zero-order valence-electron chi connectivity index (χ0n) is 17.4. The van der Waals surface area contributed by atoms with Crippen molar-refractivity contribution in [2.45, 2.75) is 32.7 Å². The molecule has 1 aliphatic rings. The van der Waals surface area contributed by atoms with E-state index in [1.165, 1.54) is 4.90 Å². The van der Waals surface area contributed by atoms with Crippen LogP contribution in [-0.2, 0) is 0 Å². The quantitative estimate of drug-likeness (QED) is 0.591. The maximum Gasteiger partial charge on any atom is 0.261 e. The minimum absolute atomic E-state index is 0.138. The summed E-state index contributed by atoms with van der Waals surface area (Å²) in [4.78, 5) is 30.9. The molecule has 1 aromatic heterocycles. The molecule has 0 aliphatic carbocycles. The molecular formula is C24H25N3O3. The molecule has 0 spiro atoms. The van der Waals surface area contributed by atoms with Crippen molar-refractivity contribution in [3.63, 3.8) is 0 Å². The number of hydrogen-bond donors (Lipinski definition) is 1. The third-order valence-corrected chi connectivity index (χ3v) is 5.43. The van der Waals surface area contributed by atoms with Gasteiger partial charge in [0.1, 0.15) is 5.75 Å². The highest BCUT2D eigenvalue weighted by Crippen LogP contribution is 2.29. The number of anilines is 1. The Labute approximate surface area is 175 Å². The van der Waals surface area contributed by atoms with Gasteiger partial charge in [-0.15, -0.1) is 0 Å². The lowest BCUT2D eigenvalue weighted by Crippen LogP contribution is -2.31. The zero-order valence-corrected chi connectivity index (χ0v) is 17.4. The summed E-state index contributed by atoms with van der Waals surface area (Å²) in [7, 11) is 1.65. The summed E-state index contributed by atoms with van der Waals surface area (Å²) in [5.74, 6) is 0.375. The molecule has 1 N–H and O–H groups in total. The molecule has 6 heteroatoms. The molecule has 0 fully saturated rings. The van der Waals surface area contributed by atoms with Crippen LogP contribution in [0, 0.1) is 6.92 Å². The largest absolute Gasteiger partial charge is 0.497 e. The molecule has 4 rings (SSSR count). The molecule has 154 valence electrons. The lowest BCUT2D eigenvalue weighted by molar-refractivity contribution is 0.0651. The van der Waals surface area contributed by atoms with E-state index >= 15 is 0 Å². The number of benzene rings is 2. The molecule has 0 saturated carbocycles. The standard InChI is InChI=1S/C24H25N3O3/c1-15-11-17-12-18(30-3)13-21(22(17)25-14-15)26-16(2)7-6-10-27-23(28)19-8-4-5-9-20(19)24(27)29/h4-5,8-9,11-14,16,26H,6-7,10H2,1-3H3. The van der Waals surface area contributed by atoms with E-state index in [4.69, 9.17) is 4.74 Å². The van der Waals surface area contributed by atoms with Crippen LogP contribution in [0.3, 0.4) is 0 Å². The van der Waals surface area contributed by atoms with E-state index in [9.17, 15) is 9.59 Å². The van der Waals surface area contributed by atoms with E-state index in [-0.39, 0.29) is 17.9 Å². The third-order valence-electron chi connectivity index (χ3n) is 5.43. The fourth-order valence-electron chi connectivity index (χ4n) is 3.90. The van der Waals surface area contributed by atoms with Gasteiger partial charge in [0.15, 0.2) is 0 Å². The third kappa shape index (κ3) is 3.73. The molecule has 6 nitrogen and oxygen atoms in total. The van der Waals surface area contributed by atoms with Crippen molar-refractivity contribution in [2.75, 3.05) is 19.0 Å². The van der Waals surface area contributed by atoms with Crippen LogP contribution < -0.4 is 10.1 Å². The van der Waals surface area contributed by atoms with Crippen LogP contribution in [0.4, 0.5) is 5.69 Å². The number of pyridine rings is 1. The number of aryl methyl sites for hydroxylation is 1. The number of carbonyl (C=O) groups excluding carboxylic acids is 2. The smallest absolute Gasteiger partial charge is 0.261 e. The van der Waals surface area contributed by atoms with Gasteiger partial charge in [0.2, 0.25) is 0 Å². The monoisotopic (exact) mass is 403 g/mol. The van der Waals surface area contributed by atoms with E-state index < -0.39 is 0 Å². The Morgan fingerprint density at radius 1 is 1.10 bits per heavy atom. The first-order valence-corrected chi connectivity index (χ1v) is 10.1. The van der Waals surface area contributed by atoms with Gasteiger partial charge in [-0.25, -0.2) is 0 Å². The van der Waals surface area contributed by atoms with E-state index in [2.05, 4.69) is 23.3 Å². The predicted molar refractivity (Wildman–Crippen MR) is 117 cm³/mol. The summed E-state index contributed by atoms with van der Waals surface area (Å²) < 4.78 is 5.44. The molecule has 1 aliphatic heterocycles. The Morgan fingerprint density at radius 3 is 2.47 bits per heavy atom. The Balaban J connectivity index is 1.41. The van der Waals surface area contributed by atoms with Crippen LogP contribution in [0.15, 0.2) is 48.7 Å². The Bertz CT molecular complexity index is 1090. The number of imide groups is 1. The van der Waals surface area contributed by atoms with Gasteiger partial charge in [-0.05, 0) is 56.5 Å². The van der Waals surface area contributed by atoms with Crippen molar-refractivity contribution >= 4 is 28.4 Å². The average molecular weight is 403 g/mol. The van der Waals surface area contributed by atoms with Crippen molar-refractivity contribution in [2.24, 2.45) is 0 Å². The van der Waals surface area contributed by atoms with Gasteiger partial charge in [0.05, 0.1) is 29.4 Å². The van der Waals surface area contributed by atoms with Crippen molar-refractivity contribution < 1.29 is 14.3 Å². The maximum absolute atomic E-state index is 12.5. The number of rotatable bonds is 7. The number of hydrogen-bond acceptors (Lipinski definition) is 5. The number of nitrogens with zero attached hydrogens (tertiary/aromatic N) is 2. The van der Waals surface area contributed by atoms with Gasteiger partial charge in [-0.3, -0.25) is 19.5 Å². The minimum Gasteiger partial charge on any atom is -0.497 e. The van der Waals surface area contributed by atoms with Crippen molar-refractivity contribution in [1.82, 2.24) is 9.88 Å². The van der Waals surface area contributed by atoms with Crippen LogP contribution in [0.5, 0.6) is 5.75 Å². The number of fused-ring (bicyclic) bond motifs is 2. The Hall–Kier alpha value is -3.41. The fourth-order valence-corrected chi connectivity index (χ4v) is 3.90. The highest BCUT2D eigenvalue weighted by molar-refractivity contribution is 6.21. The molecule has 1 atom stereocenters. The molecule has 0 radical (unpaired) electrons. The summed E-state index contributed by atoms with van der Waals surface area (Å²) in [5, 5.41) is 4.54. The molecule has 2 aromatic carbocycles. The van der Waals surface area contributed by atoms with Gasteiger partial charge in [-0.2, -0.15) is 0 Å². The van der Waals surface area contributed by atoms with Crippen molar-refractivity contribution in [3.8, 4) is 5.75 Å². The van der Waals surface area contributed by atoms with Gasteiger partial charge >= 0.3 is 0 Å². The first-order valence-electron chi connectivity index (χ1n) is 10.1. The second-order valence-corrected chi connectivity index (χ2v) is 7.75.